The fourth-order valence-corrected chi connectivity index (χ4v) is 6.47. The molecule has 2 heterocycles. The Labute approximate surface area is 159 Å². The molecule has 4 saturated carbocycles. The summed E-state index contributed by atoms with van der Waals surface area (Å²) in [6.45, 7) is 2.86. The monoisotopic (exact) mass is 369 g/mol. The molecule has 0 unspecified atom stereocenters. The maximum Gasteiger partial charge on any atom is 0.268 e. The molecule has 0 spiro atoms. The van der Waals surface area contributed by atoms with Gasteiger partial charge in [0.1, 0.15) is 11.5 Å². The number of rotatable bonds is 3. The van der Waals surface area contributed by atoms with Crippen LogP contribution in [0, 0.1) is 23.2 Å². The van der Waals surface area contributed by atoms with E-state index in [1.54, 1.807) is 6.20 Å². The number of nitrogens with two attached hydrogens (primary N) is 1. The number of nitrogens with zero attached hydrogens (tertiary/aromatic N) is 4. The molecule has 0 atom stereocenters. The second-order valence-electron chi connectivity index (χ2n) is 9.10. The summed E-state index contributed by atoms with van der Waals surface area (Å²) in [7, 11) is 0. The molecule has 1 aromatic heterocycles. The molecule has 1 aliphatic heterocycles. The highest BCUT2D eigenvalue weighted by atomic mass is 16.2. The summed E-state index contributed by atoms with van der Waals surface area (Å²) in [5, 5.41) is 0. The van der Waals surface area contributed by atoms with Crippen LogP contribution in [0.1, 0.15) is 49.0 Å². The normalized spacial score (nSPS) is 34.7. The van der Waals surface area contributed by atoms with Crippen molar-refractivity contribution < 1.29 is 9.59 Å². The largest absolute Gasteiger partial charge is 0.364 e. The van der Waals surface area contributed by atoms with Crippen LogP contribution in [0.3, 0.4) is 0 Å². The van der Waals surface area contributed by atoms with E-state index in [4.69, 9.17) is 5.73 Å². The molecule has 1 aromatic rings. The Morgan fingerprint density at radius 2 is 1.56 bits per heavy atom. The van der Waals surface area contributed by atoms with Crippen molar-refractivity contribution in [3.63, 3.8) is 0 Å². The number of piperazine rings is 1. The molecular weight excluding hydrogens is 342 g/mol. The van der Waals surface area contributed by atoms with E-state index >= 15 is 0 Å². The van der Waals surface area contributed by atoms with Gasteiger partial charge < -0.3 is 15.5 Å². The topological polar surface area (TPSA) is 92.4 Å². The van der Waals surface area contributed by atoms with Gasteiger partial charge in [-0.25, -0.2) is 4.98 Å². The minimum atomic E-state index is -0.569. The van der Waals surface area contributed by atoms with Crippen molar-refractivity contribution in [2.45, 2.75) is 38.5 Å². The third-order valence-electron chi connectivity index (χ3n) is 7.26. The number of aromatic nitrogens is 2. The van der Waals surface area contributed by atoms with Crippen LogP contribution in [0.4, 0.5) is 5.82 Å². The molecule has 4 bridgehead atoms. The van der Waals surface area contributed by atoms with Crippen LogP contribution in [-0.2, 0) is 4.79 Å². The van der Waals surface area contributed by atoms with Gasteiger partial charge in [-0.15, -0.1) is 0 Å². The number of carbonyl (C=O) groups excluding carboxylic acids is 2. The number of carbonyl (C=O) groups is 2. The van der Waals surface area contributed by atoms with E-state index in [1.807, 2.05) is 0 Å². The highest BCUT2D eigenvalue weighted by Crippen LogP contribution is 2.60. The second-order valence-corrected chi connectivity index (χ2v) is 9.10. The van der Waals surface area contributed by atoms with Crippen molar-refractivity contribution >= 4 is 17.6 Å². The lowest BCUT2D eigenvalue weighted by molar-refractivity contribution is -0.158. The van der Waals surface area contributed by atoms with Gasteiger partial charge in [0.25, 0.3) is 5.91 Å². The van der Waals surface area contributed by atoms with Crippen LogP contribution in [0.25, 0.3) is 0 Å². The maximum atomic E-state index is 13.5. The molecule has 2 amide bonds. The Hall–Kier alpha value is -2.18. The van der Waals surface area contributed by atoms with Crippen LogP contribution in [0.15, 0.2) is 12.4 Å². The Morgan fingerprint density at radius 3 is 2.11 bits per heavy atom. The first-order valence-electron chi connectivity index (χ1n) is 10.2. The maximum absolute atomic E-state index is 13.5. The van der Waals surface area contributed by atoms with Gasteiger partial charge >= 0.3 is 0 Å². The summed E-state index contributed by atoms with van der Waals surface area (Å²) in [6, 6.07) is 0. The van der Waals surface area contributed by atoms with Crippen LogP contribution in [0.2, 0.25) is 0 Å². The highest BCUT2D eigenvalue weighted by molar-refractivity contribution is 5.90. The lowest BCUT2D eigenvalue weighted by Gasteiger charge is -2.57. The van der Waals surface area contributed by atoms with E-state index in [9.17, 15) is 9.59 Å². The van der Waals surface area contributed by atoms with Gasteiger partial charge in [0, 0.05) is 26.2 Å². The van der Waals surface area contributed by atoms with E-state index in [-0.39, 0.29) is 11.1 Å². The number of hydrogen-bond donors (Lipinski definition) is 1. The van der Waals surface area contributed by atoms with Crippen LogP contribution < -0.4 is 10.6 Å². The van der Waals surface area contributed by atoms with Crippen molar-refractivity contribution in [3.05, 3.63) is 18.1 Å². The first kappa shape index (κ1) is 17.0. The van der Waals surface area contributed by atoms with E-state index in [0.29, 0.717) is 24.8 Å². The minimum Gasteiger partial charge on any atom is -0.364 e. The SMILES string of the molecule is NC(=O)c1cncc(N2CCN(C(=O)C34CC5CC(CC(C5)C3)C4)CC2)n1. The molecular formula is C20H27N5O2. The molecule has 5 fully saturated rings. The lowest BCUT2D eigenvalue weighted by atomic mass is 9.49. The van der Waals surface area contributed by atoms with Gasteiger partial charge in [-0.05, 0) is 56.3 Å². The van der Waals surface area contributed by atoms with Crippen molar-refractivity contribution in [2.75, 3.05) is 31.1 Å². The van der Waals surface area contributed by atoms with Crippen molar-refractivity contribution in [2.24, 2.45) is 28.9 Å². The van der Waals surface area contributed by atoms with Gasteiger partial charge in [-0.3, -0.25) is 14.6 Å². The van der Waals surface area contributed by atoms with Crippen LogP contribution in [0.5, 0.6) is 0 Å². The fourth-order valence-electron chi connectivity index (χ4n) is 6.47. The van der Waals surface area contributed by atoms with Gasteiger partial charge in [0.2, 0.25) is 5.91 Å². The molecule has 1 saturated heterocycles. The zero-order valence-corrected chi connectivity index (χ0v) is 15.6. The van der Waals surface area contributed by atoms with Crippen LogP contribution in [-0.4, -0.2) is 52.9 Å². The van der Waals surface area contributed by atoms with Gasteiger partial charge in [-0.1, -0.05) is 0 Å². The van der Waals surface area contributed by atoms with E-state index in [2.05, 4.69) is 19.8 Å². The molecule has 2 N–H and O–H groups in total. The molecule has 4 aliphatic carbocycles. The van der Waals surface area contributed by atoms with Gasteiger partial charge in [0.05, 0.1) is 17.8 Å². The third kappa shape index (κ3) is 2.87. The molecule has 6 rings (SSSR count). The summed E-state index contributed by atoms with van der Waals surface area (Å²) >= 11 is 0. The quantitative estimate of drug-likeness (QED) is 0.870. The molecule has 0 aromatic carbocycles. The average Bonchev–Trinajstić information content (AvgIpc) is 2.66. The van der Waals surface area contributed by atoms with E-state index < -0.39 is 5.91 Å². The molecule has 27 heavy (non-hydrogen) atoms. The average molecular weight is 369 g/mol. The number of anilines is 1. The number of amides is 2. The molecule has 144 valence electrons. The summed E-state index contributed by atoms with van der Waals surface area (Å²) < 4.78 is 0. The fraction of sp³-hybridized carbons (Fsp3) is 0.700. The van der Waals surface area contributed by atoms with Gasteiger partial charge in [-0.2, -0.15) is 0 Å². The summed E-state index contributed by atoms with van der Waals surface area (Å²) in [6.07, 6.45) is 10.5. The third-order valence-corrected chi connectivity index (χ3v) is 7.26. The Balaban J connectivity index is 1.26. The highest BCUT2D eigenvalue weighted by Gasteiger charge is 2.55. The Kier molecular flexibility index (Phi) is 3.88. The number of hydrogen-bond acceptors (Lipinski definition) is 5. The Morgan fingerprint density at radius 1 is 0.963 bits per heavy atom. The summed E-state index contributed by atoms with van der Waals surface area (Å²) in [5.41, 5.74) is 5.42. The van der Waals surface area contributed by atoms with Crippen molar-refractivity contribution in [1.29, 1.82) is 0 Å². The van der Waals surface area contributed by atoms with E-state index in [0.717, 1.165) is 50.1 Å². The predicted molar refractivity (Wildman–Crippen MR) is 99.9 cm³/mol. The standard InChI is InChI=1S/C20H27N5O2/c21-18(26)16-11-22-12-17(23-16)24-1-3-25(4-2-24)19(27)20-8-13-5-14(9-20)7-15(6-13)10-20/h11-15H,1-10H2,(H2,21,26). The molecule has 5 aliphatic rings. The smallest absolute Gasteiger partial charge is 0.268 e. The summed E-state index contributed by atoms with van der Waals surface area (Å²) in [4.78, 5) is 37.3. The van der Waals surface area contributed by atoms with Crippen LogP contribution >= 0.6 is 0 Å². The second kappa shape index (κ2) is 6.17. The molecule has 7 heteroatoms. The molecule has 7 nitrogen and oxygen atoms in total. The minimum absolute atomic E-state index is 0.0669. The van der Waals surface area contributed by atoms with Crippen molar-refractivity contribution in [1.82, 2.24) is 14.9 Å². The summed E-state index contributed by atoms with van der Waals surface area (Å²) in [5.74, 6) is 2.85. The lowest BCUT2D eigenvalue weighted by Crippen LogP contribution is -2.58. The van der Waals surface area contributed by atoms with Gasteiger partial charge in [0.15, 0.2) is 0 Å². The number of primary amides is 1. The zero-order chi connectivity index (χ0) is 18.6. The van der Waals surface area contributed by atoms with Crippen molar-refractivity contribution in [3.8, 4) is 0 Å². The zero-order valence-electron chi connectivity index (χ0n) is 15.6. The Bertz CT molecular complexity index is 736. The predicted octanol–water partition coefficient (Wildman–Crippen LogP) is 1.44. The van der Waals surface area contributed by atoms with E-state index in [1.165, 1.54) is 25.5 Å². The first-order valence-corrected chi connectivity index (χ1v) is 10.2. The molecule has 0 radical (unpaired) electrons. The first-order chi connectivity index (χ1) is 13.0.